The summed E-state index contributed by atoms with van der Waals surface area (Å²) in [4.78, 5) is 27.6. The molecule has 5 nitrogen and oxygen atoms in total. The molecule has 2 aromatic rings. The molecule has 1 aliphatic rings. The van der Waals surface area contributed by atoms with Crippen molar-refractivity contribution in [2.75, 3.05) is 0 Å². The minimum absolute atomic E-state index is 0.0169. The monoisotopic (exact) mass is 319 g/mol. The summed E-state index contributed by atoms with van der Waals surface area (Å²) < 4.78 is 2.46. The molecule has 0 bridgehead atoms. The fraction of sp³-hybridized carbons (Fsp3) is 0.154. The summed E-state index contributed by atoms with van der Waals surface area (Å²) in [5, 5.41) is 0. The number of hydrogen-bond donors (Lipinski definition) is 1. The number of carbonyl (C=O) groups excluding carboxylic acids is 2. The van der Waals surface area contributed by atoms with Gasteiger partial charge < -0.3 is 10.3 Å². The third-order valence-corrected chi connectivity index (χ3v) is 4.05. The number of halogens is 1. The van der Waals surface area contributed by atoms with E-state index in [4.69, 9.17) is 5.73 Å². The lowest BCUT2D eigenvalue weighted by molar-refractivity contribution is 0.0931. The molecule has 1 aromatic carbocycles. The number of imidazole rings is 1. The van der Waals surface area contributed by atoms with Gasteiger partial charge in [0.2, 0.25) is 0 Å². The Kier molecular flexibility index (Phi) is 2.74. The fourth-order valence-corrected chi connectivity index (χ4v) is 2.97. The van der Waals surface area contributed by atoms with E-state index in [1.165, 1.54) is 6.20 Å². The molecule has 0 saturated heterocycles. The molecule has 0 spiro atoms. The summed E-state index contributed by atoms with van der Waals surface area (Å²) >= 11 is 3.44. The maximum Gasteiger partial charge on any atom is 0.284 e. The number of primary amides is 1. The number of Topliss-reactive ketones (excluding diaryl/α,β-unsaturated/α-hetero) is 1. The van der Waals surface area contributed by atoms with Crippen molar-refractivity contribution in [2.24, 2.45) is 5.73 Å². The van der Waals surface area contributed by atoms with Crippen LogP contribution >= 0.6 is 15.9 Å². The highest BCUT2D eigenvalue weighted by atomic mass is 79.9. The van der Waals surface area contributed by atoms with Crippen molar-refractivity contribution in [2.45, 2.75) is 12.5 Å². The molecule has 3 rings (SSSR count). The number of nitrogens with zero attached hydrogens (tertiary/aromatic N) is 2. The lowest BCUT2D eigenvalue weighted by atomic mass is 10.1. The Balaban J connectivity index is 2.07. The summed E-state index contributed by atoms with van der Waals surface area (Å²) in [7, 11) is 0. The Hall–Kier alpha value is -1.95. The molecular weight excluding hydrogens is 310 g/mol. The summed E-state index contributed by atoms with van der Waals surface area (Å²) in [6.07, 6.45) is 3.63. The molecule has 6 heteroatoms. The Morgan fingerprint density at radius 1 is 1.47 bits per heavy atom. The van der Waals surface area contributed by atoms with Crippen molar-refractivity contribution in [3.05, 3.63) is 52.0 Å². The number of benzene rings is 1. The number of hydrogen-bond acceptors (Lipinski definition) is 3. The van der Waals surface area contributed by atoms with Gasteiger partial charge in [0.25, 0.3) is 5.91 Å². The zero-order valence-corrected chi connectivity index (χ0v) is 11.4. The third kappa shape index (κ3) is 1.79. The first kappa shape index (κ1) is 12.1. The van der Waals surface area contributed by atoms with Crippen LogP contribution in [0.15, 0.2) is 35.1 Å². The molecule has 1 atom stereocenters. The van der Waals surface area contributed by atoms with Crippen LogP contribution in [-0.2, 0) is 6.42 Å². The minimum Gasteiger partial charge on any atom is -0.363 e. The molecule has 0 saturated carbocycles. The molecule has 96 valence electrons. The average molecular weight is 320 g/mol. The zero-order chi connectivity index (χ0) is 13.6. The molecule has 0 radical (unpaired) electrons. The minimum atomic E-state index is -0.632. The molecule has 0 fully saturated rings. The Labute approximate surface area is 117 Å². The Morgan fingerprint density at radius 3 is 2.95 bits per heavy atom. The van der Waals surface area contributed by atoms with E-state index < -0.39 is 11.9 Å². The molecule has 19 heavy (non-hydrogen) atoms. The molecule has 1 unspecified atom stereocenters. The molecule has 1 aromatic heterocycles. The highest BCUT2D eigenvalue weighted by Crippen LogP contribution is 2.35. The SMILES string of the molecule is NC(=O)c1nccn1C1Cc2c(Br)cccc2C1=O. The van der Waals surface area contributed by atoms with Gasteiger partial charge in [0.05, 0.1) is 0 Å². The lowest BCUT2D eigenvalue weighted by Crippen LogP contribution is -2.23. The van der Waals surface area contributed by atoms with Crippen LogP contribution in [-0.4, -0.2) is 21.2 Å². The van der Waals surface area contributed by atoms with Gasteiger partial charge in [0.15, 0.2) is 11.6 Å². The molecule has 1 amide bonds. The summed E-state index contributed by atoms with van der Waals surface area (Å²) in [6.45, 7) is 0. The Morgan fingerprint density at radius 2 is 2.26 bits per heavy atom. The average Bonchev–Trinajstić information content (AvgIpc) is 2.95. The third-order valence-electron chi connectivity index (χ3n) is 3.31. The van der Waals surface area contributed by atoms with E-state index in [1.54, 1.807) is 16.8 Å². The quantitative estimate of drug-likeness (QED) is 0.915. The van der Waals surface area contributed by atoms with Crippen LogP contribution in [0.4, 0.5) is 0 Å². The van der Waals surface area contributed by atoms with Crippen molar-refractivity contribution in [1.82, 2.24) is 9.55 Å². The number of nitrogens with two attached hydrogens (primary N) is 1. The van der Waals surface area contributed by atoms with Crippen LogP contribution in [0.5, 0.6) is 0 Å². The molecule has 2 N–H and O–H groups in total. The van der Waals surface area contributed by atoms with Crippen LogP contribution in [0.1, 0.15) is 32.6 Å². The van der Waals surface area contributed by atoms with Gasteiger partial charge in [-0.15, -0.1) is 0 Å². The van der Waals surface area contributed by atoms with E-state index >= 15 is 0 Å². The Bertz CT molecular complexity index is 693. The van der Waals surface area contributed by atoms with Crippen LogP contribution in [0, 0.1) is 0 Å². The van der Waals surface area contributed by atoms with E-state index in [9.17, 15) is 9.59 Å². The first-order valence-electron chi connectivity index (χ1n) is 5.74. The van der Waals surface area contributed by atoms with Crippen LogP contribution < -0.4 is 5.73 Å². The summed E-state index contributed by atoms with van der Waals surface area (Å²) in [5.74, 6) is -0.535. The van der Waals surface area contributed by atoms with Crippen LogP contribution in [0.2, 0.25) is 0 Å². The number of ketones is 1. The first-order valence-corrected chi connectivity index (χ1v) is 6.53. The molecule has 1 heterocycles. The van der Waals surface area contributed by atoms with Gasteiger partial charge in [0, 0.05) is 28.9 Å². The van der Waals surface area contributed by atoms with Crippen molar-refractivity contribution >= 4 is 27.6 Å². The summed E-state index contributed by atoms with van der Waals surface area (Å²) in [5.41, 5.74) is 6.91. The molecular formula is C13H10BrN3O2. The van der Waals surface area contributed by atoms with Crippen molar-refractivity contribution in [3.63, 3.8) is 0 Å². The van der Waals surface area contributed by atoms with Gasteiger partial charge in [-0.2, -0.15) is 0 Å². The second-order valence-electron chi connectivity index (χ2n) is 4.37. The van der Waals surface area contributed by atoms with Gasteiger partial charge in [-0.05, 0) is 11.6 Å². The van der Waals surface area contributed by atoms with E-state index in [-0.39, 0.29) is 11.6 Å². The van der Waals surface area contributed by atoms with E-state index in [0.717, 1.165) is 10.0 Å². The number of fused-ring (bicyclic) bond motifs is 1. The second kappa shape index (κ2) is 4.31. The maximum atomic E-state index is 12.4. The van der Waals surface area contributed by atoms with E-state index in [1.807, 2.05) is 12.1 Å². The smallest absolute Gasteiger partial charge is 0.284 e. The zero-order valence-electron chi connectivity index (χ0n) is 9.84. The highest BCUT2D eigenvalue weighted by Gasteiger charge is 2.34. The predicted octanol–water partition coefficient (Wildman–Crippen LogP) is 1.72. The standard InChI is InChI=1S/C13H10BrN3O2/c14-9-3-1-2-7-8(9)6-10(11(7)18)17-5-4-16-13(17)12(15)19/h1-5,10H,6H2,(H2,15,19). The normalized spacial score (nSPS) is 17.5. The predicted molar refractivity (Wildman–Crippen MR) is 72.0 cm³/mol. The second-order valence-corrected chi connectivity index (χ2v) is 5.23. The van der Waals surface area contributed by atoms with Crippen molar-refractivity contribution < 1.29 is 9.59 Å². The van der Waals surface area contributed by atoms with E-state index in [2.05, 4.69) is 20.9 Å². The maximum absolute atomic E-state index is 12.4. The van der Waals surface area contributed by atoms with Crippen molar-refractivity contribution in [3.8, 4) is 0 Å². The largest absolute Gasteiger partial charge is 0.363 e. The van der Waals surface area contributed by atoms with Gasteiger partial charge >= 0.3 is 0 Å². The lowest BCUT2D eigenvalue weighted by Gasteiger charge is -2.11. The van der Waals surface area contributed by atoms with Gasteiger partial charge in [-0.3, -0.25) is 9.59 Å². The fourth-order valence-electron chi connectivity index (χ4n) is 2.44. The van der Waals surface area contributed by atoms with Crippen molar-refractivity contribution in [1.29, 1.82) is 0 Å². The number of rotatable bonds is 2. The van der Waals surface area contributed by atoms with Gasteiger partial charge in [-0.1, -0.05) is 28.1 Å². The molecule has 0 aliphatic heterocycles. The number of carbonyl (C=O) groups is 2. The molecule has 1 aliphatic carbocycles. The number of amides is 1. The summed E-state index contributed by atoms with van der Waals surface area (Å²) in [6, 6.07) is 5.07. The van der Waals surface area contributed by atoms with Gasteiger partial charge in [0.1, 0.15) is 6.04 Å². The van der Waals surface area contributed by atoms with E-state index in [0.29, 0.717) is 12.0 Å². The highest BCUT2D eigenvalue weighted by molar-refractivity contribution is 9.10. The van der Waals surface area contributed by atoms with Gasteiger partial charge in [-0.25, -0.2) is 4.98 Å². The number of aromatic nitrogens is 2. The van der Waals surface area contributed by atoms with Crippen LogP contribution in [0.3, 0.4) is 0 Å². The topological polar surface area (TPSA) is 78.0 Å². The van der Waals surface area contributed by atoms with Crippen LogP contribution in [0.25, 0.3) is 0 Å². The first-order chi connectivity index (χ1) is 9.09.